The molecule has 1 aromatic heterocycles. The van der Waals surface area contributed by atoms with Crippen LogP contribution in [0.4, 0.5) is 19.0 Å². The Morgan fingerprint density at radius 2 is 2.05 bits per heavy atom. The van der Waals surface area contributed by atoms with E-state index in [1.807, 2.05) is 0 Å². The fourth-order valence-corrected chi connectivity index (χ4v) is 2.57. The van der Waals surface area contributed by atoms with E-state index in [1.165, 1.54) is 0 Å². The molecule has 1 aromatic rings. The first-order valence-electron chi connectivity index (χ1n) is 6.28. The molecule has 5 nitrogen and oxygen atoms in total. The lowest BCUT2D eigenvalue weighted by Crippen LogP contribution is -2.39. The van der Waals surface area contributed by atoms with E-state index in [9.17, 15) is 13.2 Å². The molecular formula is C12H14ClF3N4O. The van der Waals surface area contributed by atoms with Gasteiger partial charge >= 0.3 is 6.18 Å². The average Bonchev–Trinajstić information content (AvgIpc) is 2.45. The molecule has 2 rings (SSSR count). The van der Waals surface area contributed by atoms with Gasteiger partial charge in [0.2, 0.25) is 0 Å². The van der Waals surface area contributed by atoms with Gasteiger partial charge in [0, 0.05) is 25.2 Å². The number of hydrogen-bond acceptors (Lipinski definition) is 4. The third-order valence-corrected chi connectivity index (χ3v) is 3.76. The number of pyridine rings is 1. The molecule has 21 heavy (non-hydrogen) atoms. The molecular weight excluding hydrogens is 309 g/mol. The van der Waals surface area contributed by atoms with Gasteiger partial charge in [-0.1, -0.05) is 16.8 Å². The predicted molar refractivity (Wildman–Crippen MR) is 72.6 cm³/mol. The normalized spacial score (nSPS) is 18.1. The SMILES string of the molecule is N/C(=N/O)C1CCN(c2ncc(C(F)(F)F)cc2Cl)CC1. The van der Waals surface area contributed by atoms with Gasteiger partial charge in [-0.15, -0.1) is 0 Å². The summed E-state index contributed by atoms with van der Waals surface area (Å²) in [6.07, 6.45) is -2.45. The maximum Gasteiger partial charge on any atom is 0.417 e. The first kappa shape index (κ1) is 15.7. The summed E-state index contributed by atoms with van der Waals surface area (Å²) in [5.74, 6) is 0.447. The Labute approximate surface area is 124 Å². The third-order valence-electron chi connectivity index (χ3n) is 3.48. The Hall–Kier alpha value is -1.70. The van der Waals surface area contributed by atoms with Crippen LogP contribution in [0.5, 0.6) is 0 Å². The van der Waals surface area contributed by atoms with E-state index in [1.54, 1.807) is 4.90 Å². The molecule has 0 spiro atoms. The summed E-state index contributed by atoms with van der Waals surface area (Å²) in [5.41, 5.74) is 4.67. The topological polar surface area (TPSA) is 74.7 Å². The molecule has 0 bridgehead atoms. The zero-order valence-electron chi connectivity index (χ0n) is 10.9. The van der Waals surface area contributed by atoms with Crippen LogP contribution in [0.1, 0.15) is 18.4 Å². The van der Waals surface area contributed by atoms with E-state index < -0.39 is 11.7 Å². The number of aromatic nitrogens is 1. The Kier molecular flexibility index (Phi) is 4.46. The molecule has 0 aliphatic carbocycles. The molecule has 1 saturated heterocycles. The van der Waals surface area contributed by atoms with Crippen molar-refractivity contribution in [2.24, 2.45) is 16.8 Å². The summed E-state index contributed by atoms with van der Waals surface area (Å²) in [5, 5.41) is 11.6. The van der Waals surface area contributed by atoms with Crippen LogP contribution in [0, 0.1) is 5.92 Å². The molecule has 1 fully saturated rings. The van der Waals surface area contributed by atoms with Gasteiger partial charge in [0.05, 0.1) is 10.6 Å². The quantitative estimate of drug-likeness (QED) is 0.380. The molecule has 3 N–H and O–H groups in total. The van der Waals surface area contributed by atoms with Crippen molar-refractivity contribution in [2.45, 2.75) is 19.0 Å². The molecule has 1 aliphatic heterocycles. The summed E-state index contributed by atoms with van der Waals surface area (Å²) in [4.78, 5) is 5.62. The maximum absolute atomic E-state index is 12.6. The monoisotopic (exact) mass is 322 g/mol. The van der Waals surface area contributed by atoms with E-state index in [2.05, 4.69) is 10.1 Å². The molecule has 1 aliphatic rings. The van der Waals surface area contributed by atoms with E-state index in [0.717, 1.165) is 12.3 Å². The molecule has 0 amide bonds. The number of piperidine rings is 1. The number of alkyl halides is 3. The summed E-state index contributed by atoms with van der Waals surface area (Å²) in [7, 11) is 0. The summed E-state index contributed by atoms with van der Waals surface area (Å²) >= 11 is 5.90. The molecule has 0 atom stereocenters. The van der Waals surface area contributed by atoms with Crippen molar-refractivity contribution in [1.82, 2.24) is 4.98 Å². The van der Waals surface area contributed by atoms with Crippen molar-refractivity contribution in [2.75, 3.05) is 18.0 Å². The summed E-state index contributed by atoms with van der Waals surface area (Å²) in [6, 6.07) is 0.875. The van der Waals surface area contributed by atoms with Crippen LogP contribution in [0.3, 0.4) is 0 Å². The first-order valence-corrected chi connectivity index (χ1v) is 6.66. The minimum absolute atomic E-state index is 0.0351. The van der Waals surface area contributed by atoms with E-state index >= 15 is 0 Å². The van der Waals surface area contributed by atoms with E-state index in [4.69, 9.17) is 22.5 Å². The fraction of sp³-hybridized carbons (Fsp3) is 0.500. The van der Waals surface area contributed by atoms with Crippen molar-refractivity contribution < 1.29 is 18.4 Å². The van der Waals surface area contributed by atoms with Gasteiger partial charge in [0.15, 0.2) is 0 Å². The number of anilines is 1. The first-order chi connectivity index (χ1) is 9.82. The zero-order chi connectivity index (χ0) is 15.6. The minimum atomic E-state index is -4.46. The van der Waals surface area contributed by atoms with Crippen molar-refractivity contribution in [1.29, 1.82) is 0 Å². The number of amidine groups is 1. The molecule has 116 valence electrons. The number of nitrogens with zero attached hydrogens (tertiary/aromatic N) is 3. The Balaban J connectivity index is 2.11. The van der Waals surface area contributed by atoms with Crippen LogP contribution in [0.25, 0.3) is 0 Å². The number of hydrogen-bond donors (Lipinski definition) is 2. The molecule has 0 unspecified atom stereocenters. The molecule has 0 saturated carbocycles. The molecule has 2 heterocycles. The van der Waals surface area contributed by atoms with Crippen molar-refractivity contribution in [3.05, 3.63) is 22.8 Å². The Bertz CT molecular complexity index is 542. The fourth-order valence-electron chi connectivity index (χ4n) is 2.29. The highest BCUT2D eigenvalue weighted by Gasteiger charge is 2.32. The smallest absolute Gasteiger partial charge is 0.409 e. The standard InChI is InChI=1S/C12H14ClF3N4O/c13-9-5-8(12(14,15)16)6-18-11(9)20-3-1-7(2-4-20)10(17)19-21/h5-7,21H,1-4H2,(H2,17,19). The van der Waals surface area contributed by atoms with Gasteiger partial charge in [-0.25, -0.2) is 4.98 Å². The lowest BCUT2D eigenvalue weighted by atomic mass is 9.96. The van der Waals surface area contributed by atoms with Gasteiger partial charge in [-0.2, -0.15) is 13.2 Å². The lowest BCUT2D eigenvalue weighted by molar-refractivity contribution is -0.137. The number of nitrogens with two attached hydrogens (primary N) is 1. The van der Waals surface area contributed by atoms with Crippen molar-refractivity contribution in [3.63, 3.8) is 0 Å². The van der Waals surface area contributed by atoms with E-state index in [0.29, 0.717) is 31.7 Å². The molecule has 9 heteroatoms. The Morgan fingerprint density at radius 3 is 2.52 bits per heavy atom. The number of oxime groups is 1. The van der Waals surface area contributed by atoms with Crippen LogP contribution in [0.2, 0.25) is 5.02 Å². The van der Waals surface area contributed by atoms with Crippen LogP contribution in [0.15, 0.2) is 17.4 Å². The van der Waals surface area contributed by atoms with Gasteiger partial charge in [0.25, 0.3) is 0 Å². The second-order valence-corrected chi connectivity index (χ2v) is 5.22. The number of halogens is 4. The third kappa shape index (κ3) is 3.49. The summed E-state index contributed by atoms with van der Waals surface area (Å²) < 4.78 is 37.7. The van der Waals surface area contributed by atoms with Gasteiger partial charge in [-0.05, 0) is 18.9 Å². The molecule has 0 radical (unpaired) electrons. The van der Waals surface area contributed by atoms with Crippen LogP contribution < -0.4 is 10.6 Å². The minimum Gasteiger partial charge on any atom is -0.409 e. The lowest BCUT2D eigenvalue weighted by Gasteiger charge is -2.32. The maximum atomic E-state index is 12.6. The summed E-state index contributed by atoms with van der Waals surface area (Å²) in [6.45, 7) is 1.05. The van der Waals surface area contributed by atoms with Gasteiger partial charge in [0.1, 0.15) is 11.7 Å². The van der Waals surface area contributed by atoms with Gasteiger partial charge in [-0.3, -0.25) is 0 Å². The highest BCUT2D eigenvalue weighted by Crippen LogP contribution is 2.34. The average molecular weight is 323 g/mol. The Morgan fingerprint density at radius 1 is 1.43 bits per heavy atom. The zero-order valence-corrected chi connectivity index (χ0v) is 11.7. The van der Waals surface area contributed by atoms with Crippen LogP contribution >= 0.6 is 11.6 Å². The molecule has 0 aromatic carbocycles. The van der Waals surface area contributed by atoms with Crippen molar-refractivity contribution in [3.8, 4) is 0 Å². The predicted octanol–water partition coefficient (Wildman–Crippen LogP) is 2.72. The second-order valence-electron chi connectivity index (χ2n) is 4.81. The van der Waals surface area contributed by atoms with Crippen LogP contribution in [-0.4, -0.2) is 29.1 Å². The van der Waals surface area contributed by atoms with Crippen molar-refractivity contribution >= 4 is 23.3 Å². The number of rotatable bonds is 2. The second kappa shape index (κ2) is 5.97. The van der Waals surface area contributed by atoms with E-state index in [-0.39, 0.29) is 16.8 Å². The largest absolute Gasteiger partial charge is 0.417 e. The highest BCUT2D eigenvalue weighted by molar-refractivity contribution is 6.33. The van der Waals surface area contributed by atoms with Gasteiger partial charge < -0.3 is 15.8 Å². The van der Waals surface area contributed by atoms with Crippen LogP contribution in [-0.2, 0) is 6.18 Å². The highest BCUT2D eigenvalue weighted by atomic mass is 35.5.